The number of anilines is 1. The number of halogens is 1. The first-order valence-corrected chi connectivity index (χ1v) is 7.90. The van der Waals surface area contributed by atoms with E-state index in [9.17, 15) is 5.11 Å². The molecule has 3 aromatic rings. The molecule has 0 spiro atoms. The second kappa shape index (κ2) is 6.59. The maximum Gasteiger partial charge on any atom is 0.175 e. The first-order chi connectivity index (χ1) is 11.4. The first-order valence-electron chi connectivity index (χ1n) is 7.53. The zero-order valence-corrected chi connectivity index (χ0v) is 14.2. The van der Waals surface area contributed by atoms with Crippen LogP contribution in [0.3, 0.4) is 0 Å². The van der Waals surface area contributed by atoms with E-state index in [2.05, 4.69) is 20.6 Å². The second-order valence-electron chi connectivity index (χ2n) is 5.82. The fraction of sp³-hybridized carbons (Fsp3) is 0.235. The van der Waals surface area contributed by atoms with Crippen LogP contribution in [0, 0.1) is 6.92 Å². The Bertz CT molecular complexity index is 829. The molecular formula is C17H18ClN5O. The molecule has 0 saturated heterocycles. The van der Waals surface area contributed by atoms with E-state index < -0.39 is 5.60 Å². The molecule has 1 atom stereocenters. The lowest BCUT2D eigenvalue weighted by Crippen LogP contribution is -2.31. The molecule has 0 aliphatic carbocycles. The summed E-state index contributed by atoms with van der Waals surface area (Å²) in [6, 6.07) is 12.7. The van der Waals surface area contributed by atoms with Crippen molar-refractivity contribution < 1.29 is 5.11 Å². The Morgan fingerprint density at radius 1 is 1.21 bits per heavy atom. The van der Waals surface area contributed by atoms with Crippen LogP contribution < -0.4 is 5.32 Å². The zero-order valence-electron chi connectivity index (χ0n) is 13.4. The monoisotopic (exact) mass is 343 g/mol. The van der Waals surface area contributed by atoms with E-state index in [0.29, 0.717) is 16.7 Å². The molecule has 2 N–H and O–H groups in total. The average molecular weight is 344 g/mol. The fourth-order valence-corrected chi connectivity index (χ4v) is 2.46. The third-order valence-corrected chi connectivity index (χ3v) is 3.90. The quantitative estimate of drug-likeness (QED) is 0.745. The maximum absolute atomic E-state index is 10.6. The van der Waals surface area contributed by atoms with Crippen molar-refractivity contribution in [2.45, 2.75) is 19.4 Å². The highest BCUT2D eigenvalue weighted by molar-refractivity contribution is 6.30. The Hall–Kier alpha value is -2.44. The van der Waals surface area contributed by atoms with Crippen molar-refractivity contribution in [2.75, 3.05) is 11.9 Å². The Morgan fingerprint density at radius 2 is 2.04 bits per heavy atom. The minimum atomic E-state index is -1.08. The topological polar surface area (TPSA) is 75.9 Å². The van der Waals surface area contributed by atoms with Gasteiger partial charge in [-0.25, -0.2) is 4.68 Å². The molecule has 0 aliphatic heterocycles. The minimum absolute atomic E-state index is 0.280. The van der Waals surface area contributed by atoms with E-state index >= 15 is 0 Å². The van der Waals surface area contributed by atoms with E-state index in [-0.39, 0.29) is 6.54 Å². The highest BCUT2D eigenvalue weighted by Crippen LogP contribution is 2.23. The van der Waals surface area contributed by atoms with Crippen LogP contribution in [0.2, 0.25) is 5.02 Å². The predicted octanol–water partition coefficient (Wildman–Crippen LogP) is 2.94. The summed E-state index contributed by atoms with van der Waals surface area (Å²) in [6.45, 7) is 3.92. The molecule has 2 aromatic heterocycles. The van der Waals surface area contributed by atoms with E-state index in [4.69, 9.17) is 11.6 Å². The van der Waals surface area contributed by atoms with Gasteiger partial charge in [-0.3, -0.25) is 0 Å². The van der Waals surface area contributed by atoms with Crippen molar-refractivity contribution in [2.24, 2.45) is 0 Å². The molecule has 0 radical (unpaired) electrons. The number of aromatic nitrogens is 4. The lowest BCUT2D eigenvalue weighted by molar-refractivity contribution is 0.0714. The number of nitrogens with one attached hydrogen (secondary N) is 1. The van der Waals surface area contributed by atoms with Crippen LogP contribution in [-0.2, 0) is 5.60 Å². The molecule has 0 amide bonds. The van der Waals surface area contributed by atoms with E-state index in [1.807, 2.05) is 37.4 Å². The van der Waals surface area contributed by atoms with Gasteiger partial charge in [0.15, 0.2) is 5.82 Å². The van der Waals surface area contributed by atoms with Crippen molar-refractivity contribution in [3.63, 3.8) is 0 Å². The lowest BCUT2D eigenvalue weighted by Gasteiger charge is -2.24. The van der Waals surface area contributed by atoms with Gasteiger partial charge in [0.05, 0.1) is 5.69 Å². The van der Waals surface area contributed by atoms with Gasteiger partial charge in [-0.15, -0.1) is 10.2 Å². The van der Waals surface area contributed by atoms with Gasteiger partial charge in [-0.1, -0.05) is 23.7 Å². The Kier molecular flexibility index (Phi) is 4.51. The van der Waals surface area contributed by atoms with Gasteiger partial charge in [0.2, 0.25) is 0 Å². The molecule has 0 fully saturated rings. The van der Waals surface area contributed by atoms with Gasteiger partial charge < -0.3 is 10.4 Å². The fourth-order valence-electron chi connectivity index (χ4n) is 2.27. The molecule has 0 bridgehead atoms. The molecular weight excluding hydrogens is 326 g/mol. The highest BCUT2D eigenvalue weighted by atomic mass is 35.5. The van der Waals surface area contributed by atoms with Crippen molar-refractivity contribution >= 4 is 17.4 Å². The van der Waals surface area contributed by atoms with Crippen molar-refractivity contribution in [1.29, 1.82) is 0 Å². The van der Waals surface area contributed by atoms with Crippen LogP contribution in [0.1, 0.15) is 18.2 Å². The average Bonchev–Trinajstić information content (AvgIpc) is 3.00. The largest absolute Gasteiger partial charge is 0.384 e. The molecule has 3 rings (SSSR count). The second-order valence-corrected chi connectivity index (χ2v) is 6.25. The van der Waals surface area contributed by atoms with Gasteiger partial charge in [0, 0.05) is 17.8 Å². The normalized spacial score (nSPS) is 13.5. The molecule has 24 heavy (non-hydrogen) atoms. The van der Waals surface area contributed by atoms with Crippen LogP contribution in [-0.4, -0.2) is 31.6 Å². The van der Waals surface area contributed by atoms with Gasteiger partial charge >= 0.3 is 0 Å². The SMILES string of the molecule is Cc1ccn(-c2ccc(NCC(C)(O)c3cccc(Cl)c3)nn2)n1. The number of rotatable bonds is 5. The van der Waals surface area contributed by atoms with Crippen LogP contribution in [0.5, 0.6) is 0 Å². The van der Waals surface area contributed by atoms with Crippen molar-refractivity contribution in [3.05, 3.63) is 64.9 Å². The summed E-state index contributed by atoms with van der Waals surface area (Å²) in [4.78, 5) is 0. The summed E-state index contributed by atoms with van der Waals surface area (Å²) < 4.78 is 1.66. The third-order valence-electron chi connectivity index (χ3n) is 3.67. The lowest BCUT2D eigenvalue weighted by atomic mass is 9.96. The molecule has 6 nitrogen and oxygen atoms in total. The summed E-state index contributed by atoms with van der Waals surface area (Å²) >= 11 is 5.98. The van der Waals surface area contributed by atoms with Crippen molar-refractivity contribution in [3.8, 4) is 5.82 Å². The number of aryl methyl sites for hydroxylation is 1. The molecule has 0 saturated carbocycles. The van der Waals surface area contributed by atoms with Crippen LogP contribution in [0.15, 0.2) is 48.7 Å². The van der Waals surface area contributed by atoms with E-state index in [1.54, 1.807) is 29.8 Å². The van der Waals surface area contributed by atoms with Crippen LogP contribution >= 0.6 is 11.6 Å². The summed E-state index contributed by atoms with van der Waals surface area (Å²) in [5.41, 5.74) is 0.570. The molecule has 7 heteroatoms. The third kappa shape index (κ3) is 3.72. The molecule has 2 heterocycles. The number of nitrogens with zero attached hydrogens (tertiary/aromatic N) is 4. The number of benzene rings is 1. The first kappa shape index (κ1) is 16.4. The smallest absolute Gasteiger partial charge is 0.175 e. The highest BCUT2D eigenvalue weighted by Gasteiger charge is 2.23. The molecule has 0 aliphatic rings. The standard InChI is InChI=1S/C17H18ClN5O/c1-12-8-9-23(22-12)16-7-6-15(20-21-16)19-11-17(2,24)13-4-3-5-14(18)10-13/h3-10,24H,11H2,1-2H3,(H,19,20). The zero-order chi connectivity index (χ0) is 17.2. The maximum atomic E-state index is 10.6. The number of hydrogen-bond donors (Lipinski definition) is 2. The Balaban J connectivity index is 1.68. The molecule has 124 valence electrons. The summed E-state index contributed by atoms with van der Waals surface area (Å²) in [7, 11) is 0. The van der Waals surface area contributed by atoms with Gasteiger partial charge in [-0.05, 0) is 49.7 Å². The predicted molar refractivity (Wildman–Crippen MR) is 93.4 cm³/mol. The summed E-state index contributed by atoms with van der Waals surface area (Å²) in [5.74, 6) is 1.21. The van der Waals surface area contributed by atoms with Gasteiger partial charge in [0.25, 0.3) is 0 Å². The molecule has 1 unspecified atom stereocenters. The number of aliphatic hydroxyl groups is 1. The van der Waals surface area contributed by atoms with Crippen molar-refractivity contribution in [1.82, 2.24) is 20.0 Å². The summed E-state index contributed by atoms with van der Waals surface area (Å²) in [5, 5.41) is 26.8. The number of hydrogen-bond acceptors (Lipinski definition) is 5. The van der Waals surface area contributed by atoms with Crippen LogP contribution in [0.4, 0.5) is 5.82 Å². The minimum Gasteiger partial charge on any atom is -0.384 e. The molecule has 1 aromatic carbocycles. The summed E-state index contributed by atoms with van der Waals surface area (Å²) in [6.07, 6.45) is 1.83. The van der Waals surface area contributed by atoms with Crippen LogP contribution in [0.25, 0.3) is 5.82 Å². The Morgan fingerprint density at radius 3 is 2.67 bits per heavy atom. The van der Waals surface area contributed by atoms with Gasteiger partial charge in [-0.2, -0.15) is 5.10 Å². The van der Waals surface area contributed by atoms with E-state index in [1.165, 1.54) is 0 Å². The Labute approximate surface area is 145 Å². The van der Waals surface area contributed by atoms with Gasteiger partial charge in [0.1, 0.15) is 11.4 Å². The van der Waals surface area contributed by atoms with E-state index in [0.717, 1.165) is 11.3 Å².